The van der Waals surface area contributed by atoms with Crippen molar-refractivity contribution in [3.63, 3.8) is 0 Å². The molecule has 5 nitrogen and oxygen atoms in total. The Hall–Kier alpha value is -1.40. The number of rotatable bonds is 5. The van der Waals surface area contributed by atoms with Gasteiger partial charge in [0.25, 0.3) is 5.91 Å². The second-order valence-electron chi connectivity index (χ2n) is 7.65. The number of hydrogen-bond donors (Lipinski definition) is 3. The van der Waals surface area contributed by atoms with Gasteiger partial charge in [0.15, 0.2) is 0 Å². The molecule has 25 heavy (non-hydrogen) atoms. The molecule has 2 amide bonds. The van der Waals surface area contributed by atoms with Gasteiger partial charge in [-0.1, -0.05) is 45.1 Å². The SMILES string of the molecule is C[C@@H]1CCC[C@](NNC(=O)c2cccs2)(C(=O)NC2CCCCC2)C1. The van der Waals surface area contributed by atoms with Crippen LogP contribution >= 0.6 is 11.3 Å². The molecule has 6 heteroatoms. The Morgan fingerprint density at radius 3 is 2.64 bits per heavy atom. The molecule has 138 valence electrons. The summed E-state index contributed by atoms with van der Waals surface area (Å²) in [5.41, 5.74) is 5.24. The van der Waals surface area contributed by atoms with Crippen molar-refractivity contribution in [2.45, 2.75) is 76.3 Å². The molecule has 2 aliphatic carbocycles. The zero-order valence-corrected chi connectivity index (χ0v) is 15.8. The molecule has 0 bridgehead atoms. The lowest BCUT2D eigenvalue weighted by atomic mass is 9.76. The first-order chi connectivity index (χ1) is 12.1. The third-order valence-corrected chi connectivity index (χ3v) is 6.40. The fraction of sp³-hybridized carbons (Fsp3) is 0.684. The third-order valence-electron chi connectivity index (χ3n) is 5.53. The monoisotopic (exact) mass is 363 g/mol. The molecule has 3 N–H and O–H groups in total. The van der Waals surface area contributed by atoms with Crippen LogP contribution in [-0.2, 0) is 4.79 Å². The van der Waals surface area contributed by atoms with Crippen molar-refractivity contribution in [1.82, 2.24) is 16.2 Å². The molecule has 1 heterocycles. The fourth-order valence-corrected chi connectivity index (χ4v) is 4.76. The van der Waals surface area contributed by atoms with Crippen LogP contribution in [0.1, 0.15) is 74.4 Å². The van der Waals surface area contributed by atoms with Gasteiger partial charge < -0.3 is 5.32 Å². The summed E-state index contributed by atoms with van der Waals surface area (Å²) in [4.78, 5) is 26.1. The molecule has 2 atom stereocenters. The summed E-state index contributed by atoms with van der Waals surface area (Å²) >= 11 is 1.40. The maximum atomic E-state index is 13.1. The van der Waals surface area contributed by atoms with E-state index < -0.39 is 5.54 Å². The van der Waals surface area contributed by atoms with Crippen molar-refractivity contribution >= 4 is 23.2 Å². The van der Waals surface area contributed by atoms with E-state index >= 15 is 0 Å². The zero-order valence-electron chi connectivity index (χ0n) is 15.0. The highest BCUT2D eigenvalue weighted by Crippen LogP contribution is 2.33. The number of amides is 2. The van der Waals surface area contributed by atoms with Gasteiger partial charge in [0.2, 0.25) is 5.91 Å². The lowest BCUT2D eigenvalue weighted by molar-refractivity contribution is -0.131. The first-order valence-corrected chi connectivity index (χ1v) is 10.4. The molecule has 1 aromatic heterocycles. The standard InChI is InChI=1S/C19H29N3O2S/c1-14-7-5-11-19(13-14,18(24)20-15-8-3-2-4-9-15)22-21-17(23)16-10-6-12-25-16/h6,10,12,14-15,22H,2-5,7-9,11,13H2,1H3,(H,20,24)(H,21,23)/t14-,19-/m1/s1. The van der Waals surface area contributed by atoms with E-state index in [0.29, 0.717) is 10.8 Å². The zero-order chi connectivity index (χ0) is 17.7. The molecule has 0 aromatic carbocycles. The average Bonchev–Trinajstić information content (AvgIpc) is 3.15. The van der Waals surface area contributed by atoms with Crippen molar-refractivity contribution in [1.29, 1.82) is 0 Å². The van der Waals surface area contributed by atoms with Crippen LogP contribution in [0.25, 0.3) is 0 Å². The molecule has 2 saturated carbocycles. The van der Waals surface area contributed by atoms with E-state index in [2.05, 4.69) is 23.1 Å². The van der Waals surface area contributed by atoms with Gasteiger partial charge in [-0.05, 0) is 43.0 Å². The van der Waals surface area contributed by atoms with E-state index in [4.69, 9.17) is 0 Å². The fourth-order valence-electron chi connectivity index (χ4n) is 4.14. The van der Waals surface area contributed by atoms with Crippen molar-refractivity contribution in [3.05, 3.63) is 22.4 Å². The molecule has 0 unspecified atom stereocenters. The molecule has 0 radical (unpaired) electrons. The number of nitrogens with one attached hydrogen (secondary N) is 3. The number of carbonyl (C=O) groups is 2. The second-order valence-corrected chi connectivity index (χ2v) is 8.60. The van der Waals surface area contributed by atoms with E-state index in [-0.39, 0.29) is 17.9 Å². The smallest absolute Gasteiger partial charge is 0.275 e. The van der Waals surface area contributed by atoms with Gasteiger partial charge in [0.05, 0.1) is 4.88 Å². The maximum absolute atomic E-state index is 13.1. The first-order valence-electron chi connectivity index (χ1n) is 9.51. The minimum absolute atomic E-state index is 0.0532. The normalized spacial score (nSPS) is 27.6. The summed E-state index contributed by atoms with van der Waals surface area (Å²) in [5, 5.41) is 5.14. The topological polar surface area (TPSA) is 70.2 Å². The Morgan fingerprint density at radius 1 is 1.16 bits per heavy atom. The number of hydrazine groups is 1. The van der Waals surface area contributed by atoms with Crippen LogP contribution in [0.15, 0.2) is 17.5 Å². The Kier molecular flexibility index (Phi) is 6.12. The lowest BCUT2D eigenvalue weighted by Crippen LogP contribution is -2.64. The summed E-state index contributed by atoms with van der Waals surface area (Å²) < 4.78 is 0. The Labute approximate surface area is 153 Å². The van der Waals surface area contributed by atoms with Crippen LogP contribution in [0.5, 0.6) is 0 Å². The molecule has 0 saturated heterocycles. The van der Waals surface area contributed by atoms with E-state index in [1.165, 1.54) is 30.6 Å². The maximum Gasteiger partial charge on any atom is 0.275 e. The largest absolute Gasteiger partial charge is 0.352 e. The van der Waals surface area contributed by atoms with Crippen LogP contribution in [0, 0.1) is 5.92 Å². The van der Waals surface area contributed by atoms with Crippen LogP contribution < -0.4 is 16.2 Å². The molecular formula is C19H29N3O2S. The van der Waals surface area contributed by atoms with E-state index in [1.54, 1.807) is 6.07 Å². The molecule has 0 spiro atoms. The van der Waals surface area contributed by atoms with E-state index in [0.717, 1.165) is 38.5 Å². The van der Waals surface area contributed by atoms with Crippen LogP contribution in [0.2, 0.25) is 0 Å². The predicted octanol–water partition coefficient (Wildman–Crippen LogP) is 3.38. The Bertz CT molecular complexity index is 583. The van der Waals surface area contributed by atoms with Crippen LogP contribution in [-0.4, -0.2) is 23.4 Å². The lowest BCUT2D eigenvalue weighted by Gasteiger charge is -2.40. The Morgan fingerprint density at radius 2 is 1.96 bits per heavy atom. The summed E-state index contributed by atoms with van der Waals surface area (Å²) in [6.07, 6.45) is 9.45. The van der Waals surface area contributed by atoms with Gasteiger partial charge in [-0.2, -0.15) is 0 Å². The number of carbonyl (C=O) groups excluding carboxylic acids is 2. The number of thiophene rings is 1. The van der Waals surface area contributed by atoms with Crippen LogP contribution in [0.3, 0.4) is 0 Å². The van der Waals surface area contributed by atoms with E-state index in [1.807, 2.05) is 11.4 Å². The quantitative estimate of drug-likeness (QED) is 0.703. The van der Waals surface area contributed by atoms with E-state index in [9.17, 15) is 9.59 Å². The molecule has 3 rings (SSSR count). The minimum Gasteiger partial charge on any atom is -0.352 e. The van der Waals surface area contributed by atoms with Gasteiger partial charge in [0, 0.05) is 6.04 Å². The molecule has 2 fully saturated rings. The van der Waals surface area contributed by atoms with Crippen molar-refractivity contribution in [2.75, 3.05) is 0 Å². The third kappa shape index (κ3) is 4.61. The molecule has 1 aromatic rings. The Balaban J connectivity index is 1.66. The molecule has 0 aliphatic heterocycles. The summed E-state index contributed by atoms with van der Waals surface area (Å²) in [7, 11) is 0. The molecular weight excluding hydrogens is 334 g/mol. The van der Waals surface area contributed by atoms with Crippen molar-refractivity contribution < 1.29 is 9.59 Å². The van der Waals surface area contributed by atoms with Gasteiger partial charge in [-0.15, -0.1) is 11.3 Å². The van der Waals surface area contributed by atoms with Crippen LogP contribution in [0.4, 0.5) is 0 Å². The number of hydrogen-bond acceptors (Lipinski definition) is 4. The minimum atomic E-state index is -0.692. The van der Waals surface area contributed by atoms with Gasteiger partial charge >= 0.3 is 0 Å². The summed E-state index contributed by atoms with van der Waals surface area (Å²) in [6.45, 7) is 2.19. The van der Waals surface area contributed by atoms with Crippen molar-refractivity contribution in [2.24, 2.45) is 5.92 Å². The second kappa shape index (κ2) is 8.32. The van der Waals surface area contributed by atoms with Gasteiger partial charge in [0.1, 0.15) is 5.54 Å². The highest BCUT2D eigenvalue weighted by molar-refractivity contribution is 7.12. The van der Waals surface area contributed by atoms with Crippen molar-refractivity contribution in [3.8, 4) is 0 Å². The highest BCUT2D eigenvalue weighted by atomic mass is 32.1. The predicted molar refractivity (Wildman–Crippen MR) is 100 cm³/mol. The summed E-state index contributed by atoms with van der Waals surface area (Å²) in [6, 6.07) is 3.93. The summed E-state index contributed by atoms with van der Waals surface area (Å²) in [5.74, 6) is 0.354. The van der Waals surface area contributed by atoms with Gasteiger partial charge in [-0.3, -0.25) is 15.0 Å². The average molecular weight is 364 g/mol. The first kappa shape index (κ1) is 18.4. The molecule has 2 aliphatic rings. The van der Waals surface area contributed by atoms with Gasteiger partial charge in [-0.25, -0.2) is 5.43 Å². The highest BCUT2D eigenvalue weighted by Gasteiger charge is 2.42.